The van der Waals surface area contributed by atoms with Gasteiger partial charge in [0.05, 0.1) is 5.56 Å². The zero-order valence-corrected chi connectivity index (χ0v) is 18.6. The van der Waals surface area contributed by atoms with E-state index >= 15 is 0 Å². The Morgan fingerprint density at radius 2 is 1.48 bits per heavy atom. The van der Waals surface area contributed by atoms with E-state index in [1.807, 2.05) is 24.4 Å². The predicted octanol–water partition coefficient (Wildman–Crippen LogP) is 5.55. The van der Waals surface area contributed by atoms with Crippen molar-refractivity contribution in [2.24, 2.45) is 11.8 Å². The first kappa shape index (κ1) is 19.7. The Labute approximate surface area is 185 Å². The molecule has 4 nitrogen and oxygen atoms in total. The molecular weight excluding hydrogens is 384 g/mol. The Balaban J connectivity index is 1.28. The molecule has 2 aliphatic heterocycles. The van der Waals surface area contributed by atoms with Crippen molar-refractivity contribution in [2.75, 3.05) is 0 Å². The van der Waals surface area contributed by atoms with E-state index in [1.165, 1.54) is 71.1 Å². The third kappa shape index (κ3) is 3.29. The Hall–Kier alpha value is -1.94. The molecule has 3 heterocycles. The first-order valence-electron chi connectivity index (χ1n) is 12.5. The summed E-state index contributed by atoms with van der Waals surface area (Å²) < 4.78 is 2.34. The number of carbonyl (C=O) groups is 2. The predicted molar refractivity (Wildman–Crippen MR) is 122 cm³/mol. The van der Waals surface area contributed by atoms with Gasteiger partial charge >= 0.3 is 0 Å². The summed E-state index contributed by atoms with van der Waals surface area (Å²) in [7, 11) is 0. The lowest BCUT2D eigenvalue weighted by molar-refractivity contribution is -0.113. The summed E-state index contributed by atoms with van der Waals surface area (Å²) in [4.78, 5) is 27.4. The standard InChI is InChI=1S/C27H34N2O2/c1-17(30)27(31)25-16-28(26-8-3-2-7-24(25)26)22-14-20-9-10-21(15-22)29(20)23-12-18-5-4-6-19(11-18)13-23/h2-3,7-8,16,18-23H,4-6,9-15H2,1H3/t18-,19+,20-,21+,22?,23?. The van der Waals surface area contributed by atoms with Crippen LogP contribution in [0.25, 0.3) is 10.9 Å². The van der Waals surface area contributed by atoms with Crippen LogP contribution in [0.15, 0.2) is 30.5 Å². The molecule has 2 saturated carbocycles. The molecule has 2 aliphatic carbocycles. The van der Waals surface area contributed by atoms with Gasteiger partial charge in [-0.2, -0.15) is 0 Å². The van der Waals surface area contributed by atoms with E-state index in [-0.39, 0.29) is 11.6 Å². The molecular formula is C27H34N2O2. The van der Waals surface area contributed by atoms with Gasteiger partial charge in [0.25, 0.3) is 0 Å². The van der Waals surface area contributed by atoms with Gasteiger partial charge in [-0.3, -0.25) is 14.5 Å². The first-order chi connectivity index (χ1) is 15.1. The molecule has 1 aromatic carbocycles. The molecule has 0 radical (unpaired) electrons. The van der Waals surface area contributed by atoms with Crippen molar-refractivity contribution in [3.05, 3.63) is 36.0 Å². The van der Waals surface area contributed by atoms with Gasteiger partial charge in [-0.25, -0.2) is 0 Å². The van der Waals surface area contributed by atoms with E-state index < -0.39 is 0 Å². The molecule has 2 saturated heterocycles. The molecule has 6 rings (SSSR count). The number of aromatic nitrogens is 1. The maximum atomic E-state index is 12.6. The lowest BCUT2D eigenvalue weighted by Gasteiger charge is -2.49. The number of piperidine rings is 1. The molecule has 4 aliphatic rings. The SMILES string of the molecule is CC(=O)C(=O)c1cn(C2C[C@H]3CC[C@@H](C2)N3C2C[C@H]3CCC[C@@H](C2)C3)c2ccccc12. The van der Waals surface area contributed by atoms with E-state index in [0.29, 0.717) is 23.7 Å². The molecule has 0 N–H and O–H groups in total. The summed E-state index contributed by atoms with van der Waals surface area (Å²) in [5, 5.41) is 0.928. The fourth-order valence-corrected chi connectivity index (χ4v) is 7.83. The van der Waals surface area contributed by atoms with E-state index in [1.54, 1.807) is 0 Å². The van der Waals surface area contributed by atoms with Crippen molar-refractivity contribution >= 4 is 22.5 Å². The Morgan fingerprint density at radius 3 is 2.16 bits per heavy atom. The molecule has 4 heteroatoms. The number of Topliss-reactive ketones (excluding diaryl/α,β-unsaturated/α-hetero) is 2. The molecule has 1 aromatic heterocycles. The van der Waals surface area contributed by atoms with Crippen LogP contribution in [-0.4, -0.2) is 39.2 Å². The summed E-state index contributed by atoms with van der Waals surface area (Å²) in [6.45, 7) is 1.38. The van der Waals surface area contributed by atoms with E-state index in [9.17, 15) is 9.59 Å². The number of rotatable bonds is 4. The maximum absolute atomic E-state index is 12.6. The minimum absolute atomic E-state index is 0.357. The number of benzene rings is 1. The Bertz CT molecular complexity index is 997. The van der Waals surface area contributed by atoms with Crippen LogP contribution < -0.4 is 0 Å². The highest BCUT2D eigenvalue weighted by molar-refractivity contribution is 6.45. The third-order valence-electron chi connectivity index (χ3n) is 8.99. The van der Waals surface area contributed by atoms with Crippen LogP contribution in [0.4, 0.5) is 0 Å². The van der Waals surface area contributed by atoms with Crippen LogP contribution in [0, 0.1) is 11.8 Å². The zero-order chi connectivity index (χ0) is 21.1. The fourth-order valence-electron chi connectivity index (χ4n) is 7.83. The normalized spacial score (nSPS) is 35.4. The van der Waals surface area contributed by atoms with Gasteiger partial charge in [0.1, 0.15) is 0 Å². The average Bonchev–Trinajstić information content (AvgIpc) is 3.28. The summed E-state index contributed by atoms with van der Waals surface area (Å²) in [6.07, 6.45) is 15.7. The molecule has 6 atom stereocenters. The van der Waals surface area contributed by atoms with Crippen molar-refractivity contribution in [2.45, 2.75) is 95.3 Å². The van der Waals surface area contributed by atoms with Crippen molar-refractivity contribution in [1.82, 2.24) is 9.47 Å². The molecule has 2 aromatic rings. The number of fused-ring (bicyclic) bond motifs is 5. The number of ketones is 2. The van der Waals surface area contributed by atoms with Gasteiger partial charge in [-0.05, 0) is 62.8 Å². The smallest absolute Gasteiger partial charge is 0.230 e. The first-order valence-corrected chi connectivity index (χ1v) is 12.5. The lowest BCUT2D eigenvalue weighted by Crippen LogP contribution is -2.52. The number of carbonyl (C=O) groups excluding carboxylic acids is 2. The van der Waals surface area contributed by atoms with Gasteiger partial charge in [-0.1, -0.05) is 37.5 Å². The van der Waals surface area contributed by atoms with Crippen LogP contribution in [0.5, 0.6) is 0 Å². The highest BCUT2D eigenvalue weighted by Gasteiger charge is 2.47. The van der Waals surface area contributed by atoms with Crippen molar-refractivity contribution in [3.8, 4) is 0 Å². The monoisotopic (exact) mass is 418 g/mol. The summed E-state index contributed by atoms with van der Waals surface area (Å²) in [5.41, 5.74) is 1.69. The minimum Gasteiger partial charge on any atom is -0.344 e. The quantitative estimate of drug-likeness (QED) is 0.483. The fraction of sp³-hybridized carbons (Fsp3) is 0.630. The molecule has 0 spiro atoms. The van der Waals surface area contributed by atoms with Crippen LogP contribution in [0.3, 0.4) is 0 Å². The van der Waals surface area contributed by atoms with Crippen molar-refractivity contribution < 1.29 is 9.59 Å². The zero-order valence-electron chi connectivity index (χ0n) is 18.6. The minimum atomic E-state index is -0.374. The van der Waals surface area contributed by atoms with Gasteiger partial charge in [0.15, 0.2) is 5.78 Å². The van der Waals surface area contributed by atoms with E-state index in [2.05, 4.69) is 15.5 Å². The van der Waals surface area contributed by atoms with Crippen molar-refractivity contribution in [3.63, 3.8) is 0 Å². The largest absolute Gasteiger partial charge is 0.344 e. The summed E-state index contributed by atoms with van der Waals surface area (Å²) in [5.74, 6) is 1.22. The second-order valence-electron chi connectivity index (χ2n) is 10.8. The molecule has 164 valence electrons. The third-order valence-corrected chi connectivity index (χ3v) is 8.99. The molecule has 31 heavy (non-hydrogen) atoms. The molecule has 4 fully saturated rings. The van der Waals surface area contributed by atoms with Crippen molar-refractivity contribution in [1.29, 1.82) is 0 Å². The van der Waals surface area contributed by atoms with Crippen LogP contribution >= 0.6 is 0 Å². The number of para-hydroxylation sites is 1. The number of hydrogen-bond donors (Lipinski definition) is 0. The van der Waals surface area contributed by atoms with Gasteiger partial charge in [0, 0.05) is 48.2 Å². The number of nitrogens with zero attached hydrogens (tertiary/aromatic N) is 2. The van der Waals surface area contributed by atoms with Gasteiger partial charge in [0.2, 0.25) is 5.78 Å². The molecule has 4 bridgehead atoms. The average molecular weight is 419 g/mol. The molecule has 0 amide bonds. The van der Waals surface area contributed by atoms with Crippen LogP contribution in [-0.2, 0) is 4.79 Å². The maximum Gasteiger partial charge on any atom is 0.230 e. The van der Waals surface area contributed by atoms with E-state index in [0.717, 1.165) is 28.8 Å². The Kier molecular flexibility index (Phi) is 4.82. The van der Waals surface area contributed by atoms with Gasteiger partial charge < -0.3 is 4.57 Å². The van der Waals surface area contributed by atoms with Crippen LogP contribution in [0.2, 0.25) is 0 Å². The number of hydrogen-bond acceptors (Lipinski definition) is 3. The Morgan fingerprint density at radius 1 is 0.806 bits per heavy atom. The molecule has 2 unspecified atom stereocenters. The second-order valence-corrected chi connectivity index (χ2v) is 10.8. The van der Waals surface area contributed by atoms with Crippen LogP contribution in [0.1, 0.15) is 87.5 Å². The van der Waals surface area contributed by atoms with E-state index in [4.69, 9.17) is 0 Å². The second kappa shape index (κ2) is 7.58. The summed E-state index contributed by atoms with van der Waals surface area (Å²) in [6, 6.07) is 10.7. The van der Waals surface area contributed by atoms with Gasteiger partial charge in [-0.15, -0.1) is 0 Å². The highest BCUT2D eigenvalue weighted by Crippen LogP contribution is 2.48. The highest BCUT2D eigenvalue weighted by atomic mass is 16.2. The summed E-state index contributed by atoms with van der Waals surface area (Å²) >= 11 is 0. The topological polar surface area (TPSA) is 42.3 Å². The lowest BCUT2D eigenvalue weighted by atomic mass is 9.69.